The third-order valence-electron chi connectivity index (χ3n) is 4.75. The maximum Gasteiger partial charge on any atom is 0.118 e. The number of hydrogen-bond donors (Lipinski definition) is 1. The summed E-state index contributed by atoms with van der Waals surface area (Å²) in [5, 5.41) is 2.67. The van der Waals surface area contributed by atoms with E-state index in [1.165, 1.54) is 44.1 Å². The van der Waals surface area contributed by atoms with Gasteiger partial charge >= 0.3 is 0 Å². The van der Waals surface area contributed by atoms with Gasteiger partial charge in [0.25, 0.3) is 0 Å². The molecule has 3 aromatic rings. The summed E-state index contributed by atoms with van der Waals surface area (Å²) in [4.78, 5) is 5.81. The minimum Gasteiger partial charge on any atom is -0.364 e. The minimum absolute atomic E-state index is 0.625. The molecule has 0 spiro atoms. The van der Waals surface area contributed by atoms with E-state index in [0.717, 1.165) is 6.54 Å². The van der Waals surface area contributed by atoms with Gasteiger partial charge in [0.2, 0.25) is 0 Å². The molecule has 0 atom stereocenters. The van der Waals surface area contributed by atoms with Gasteiger partial charge < -0.3 is 14.6 Å². The van der Waals surface area contributed by atoms with Gasteiger partial charge in [0.1, 0.15) is 6.73 Å². The molecule has 22 heavy (non-hydrogen) atoms. The van der Waals surface area contributed by atoms with Gasteiger partial charge in [0.15, 0.2) is 0 Å². The van der Waals surface area contributed by atoms with Crippen LogP contribution in [0.25, 0.3) is 27.9 Å². The highest BCUT2D eigenvalue weighted by molar-refractivity contribution is 6.11. The zero-order chi connectivity index (χ0) is 15.3. The van der Waals surface area contributed by atoms with Gasteiger partial charge in [-0.3, -0.25) is 0 Å². The van der Waals surface area contributed by atoms with Crippen molar-refractivity contribution in [1.82, 2.24) is 9.88 Å². The summed E-state index contributed by atoms with van der Waals surface area (Å²) in [6, 6.07) is 8.56. The first-order valence-electron chi connectivity index (χ1n) is 7.64. The zero-order valence-electron chi connectivity index (χ0n) is 13.2. The van der Waals surface area contributed by atoms with Crippen LogP contribution in [0.2, 0.25) is 0 Å². The number of rotatable bonds is 2. The molecule has 0 radical (unpaired) electrons. The first kappa shape index (κ1) is 13.4. The van der Waals surface area contributed by atoms with Crippen LogP contribution in [0.5, 0.6) is 0 Å². The van der Waals surface area contributed by atoms with Crippen LogP contribution in [0.15, 0.2) is 30.5 Å². The predicted molar refractivity (Wildman–Crippen MR) is 91.7 cm³/mol. The third-order valence-corrected chi connectivity index (χ3v) is 4.75. The number of nitrogens with zero attached hydrogens (tertiary/aromatic N) is 1. The molecule has 1 aliphatic heterocycles. The van der Waals surface area contributed by atoms with Crippen molar-refractivity contribution >= 4 is 27.9 Å². The van der Waals surface area contributed by atoms with E-state index < -0.39 is 0 Å². The van der Waals surface area contributed by atoms with Crippen molar-refractivity contribution < 1.29 is 4.74 Å². The summed E-state index contributed by atoms with van der Waals surface area (Å²) in [6.45, 7) is 5.99. The van der Waals surface area contributed by atoms with E-state index in [4.69, 9.17) is 4.74 Å². The molecule has 0 saturated heterocycles. The molecule has 0 amide bonds. The number of aryl methyl sites for hydroxylation is 2. The lowest BCUT2D eigenvalue weighted by molar-refractivity contribution is 0.0911. The van der Waals surface area contributed by atoms with E-state index in [9.17, 15) is 0 Å². The van der Waals surface area contributed by atoms with Crippen LogP contribution in [0, 0.1) is 13.8 Å². The van der Waals surface area contributed by atoms with E-state index in [2.05, 4.69) is 60.3 Å². The van der Waals surface area contributed by atoms with Gasteiger partial charge in [-0.2, -0.15) is 0 Å². The number of methoxy groups -OCH3 is 1. The Labute approximate surface area is 130 Å². The lowest BCUT2D eigenvalue weighted by Crippen LogP contribution is -2.23. The van der Waals surface area contributed by atoms with Gasteiger partial charge in [-0.15, -0.1) is 0 Å². The molecule has 0 saturated carbocycles. The molecule has 3 nitrogen and oxygen atoms in total. The van der Waals surface area contributed by atoms with Crippen LogP contribution in [-0.2, 0) is 11.3 Å². The van der Waals surface area contributed by atoms with Crippen molar-refractivity contribution in [3.8, 4) is 0 Å². The Kier molecular flexibility index (Phi) is 2.98. The lowest BCUT2D eigenvalue weighted by atomic mass is 9.91. The Morgan fingerprint density at radius 3 is 2.82 bits per heavy atom. The summed E-state index contributed by atoms with van der Waals surface area (Å²) in [5.41, 5.74) is 7.95. The number of nitrogens with one attached hydrogen (secondary N) is 1. The van der Waals surface area contributed by atoms with Gasteiger partial charge in [-0.05, 0) is 48.2 Å². The fraction of sp³-hybridized carbons (Fsp3) is 0.263. The zero-order valence-corrected chi connectivity index (χ0v) is 13.2. The number of ether oxygens (including phenoxy) is 1. The van der Waals surface area contributed by atoms with E-state index in [1.54, 1.807) is 7.11 Å². The lowest BCUT2D eigenvalue weighted by Gasteiger charge is -2.27. The summed E-state index contributed by atoms with van der Waals surface area (Å²) in [5.74, 6) is 0. The monoisotopic (exact) mass is 292 g/mol. The van der Waals surface area contributed by atoms with Crippen LogP contribution in [0.1, 0.15) is 22.3 Å². The SMILES string of the molecule is COCN1C=Cc2c(c(C)c3c([nH]c4ccccc43)c2C)C1. The highest BCUT2D eigenvalue weighted by atomic mass is 16.5. The Morgan fingerprint density at radius 2 is 2.00 bits per heavy atom. The van der Waals surface area contributed by atoms with E-state index in [-0.39, 0.29) is 0 Å². The standard InChI is InChI=1S/C19H20N2O/c1-12-16-10-21(11-22-3)9-8-14(16)13(2)19-18(12)15-6-4-5-7-17(15)20-19/h4-9,20H,10-11H2,1-3H3. The summed E-state index contributed by atoms with van der Waals surface area (Å²) >= 11 is 0. The molecular formula is C19H20N2O. The number of fused-ring (bicyclic) bond motifs is 4. The van der Waals surface area contributed by atoms with Gasteiger partial charge in [-0.1, -0.05) is 18.2 Å². The highest BCUT2D eigenvalue weighted by Crippen LogP contribution is 2.37. The highest BCUT2D eigenvalue weighted by Gasteiger charge is 2.20. The Bertz CT molecular complexity index is 905. The number of H-pyrrole nitrogens is 1. The van der Waals surface area contributed by atoms with Crippen LogP contribution in [0.3, 0.4) is 0 Å². The second kappa shape index (κ2) is 4.89. The molecule has 1 aromatic heterocycles. The Morgan fingerprint density at radius 1 is 1.18 bits per heavy atom. The second-order valence-corrected chi connectivity index (χ2v) is 6.04. The molecule has 0 aliphatic carbocycles. The van der Waals surface area contributed by atoms with Crippen molar-refractivity contribution in [3.05, 3.63) is 52.7 Å². The fourth-order valence-corrected chi connectivity index (χ4v) is 3.65. The van der Waals surface area contributed by atoms with Crippen molar-refractivity contribution in [3.63, 3.8) is 0 Å². The smallest absolute Gasteiger partial charge is 0.118 e. The Hall–Kier alpha value is -2.26. The van der Waals surface area contributed by atoms with Crippen molar-refractivity contribution in [2.45, 2.75) is 20.4 Å². The molecule has 0 fully saturated rings. The van der Waals surface area contributed by atoms with Crippen LogP contribution < -0.4 is 0 Å². The molecule has 0 bridgehead atoms. The molecular weight excluding hydrogens is 272 g/mol. The molecule has 2 aromatic carbocycles. The summed E-state index contributed by atoms with van der Waals surface area (Å²) in [7, 11) is 1.74. The summed E-state index contributed by atoms with van der Waals surface area (Å²) in [6.07, 6.45) is 4.35. The number of hydrogen-bond acceptors (Lipinski definition) is 2. The van der Waals surface area contributed by atoms with E-state index in [0.29, 0.717) is 6.73 Å². The number of para-hydroxylation sites is 1. The normalized spacial score (nSPS) is 14.0. The largest absolute Gasteiger partial charge is 0.364 e. The van der Waals surface area contributed by atoms with Crippen molar-refractivity contribution in [1.29, 1.82) is 0 Å². The maximum absolute atomic E-state index is 5.28. The molecule has 2 heterocycles. The average molecular weight is 292 g/mol. The quantitative estimate of drug-likeness (QED) is 0.761. The van der Waals surface area contributed by atoms with E-state index in [1.807, 2.05) is 0 Å². The average Bonchev–Trinajstić information content (AvgIpc) is 2.93. The van der Waals surface area contributed by atoms with Crippen LogP contribution >= 0.6 is 0 Å². The molecule has 1 aliphatic rings. The van der Waals surface area contributed by atoms with Gasteiger partial charge in [0.05, 0.1) is 5.52 Å². The first-order valence-corrected chi connectivity index (χ1v) is 7.64. The predicted octanol–water partition coefficient (Wildman–Crippen LogP) is 4.33. The molecule has 4 rings (SSSR count). The minimum atomic E-state index is 0.625. The maximum atomic E-state index is 5.28. The number of aromatic nitrogens is 1. The number of benzene rings is 2. The fourth-order valence-electron chi connectivity index (χ4n) is 3.65. The molecule has 1 N–H and O–H groups in total. The second-order valence-electron chi connectivity index (χ2n) is 6.04. The topological polar surface area (TPSA) is 28.3 Å². The van der Waals surface area contributed by atoms with Crippen molar-refractivity contribution in [2.75, 3.05) is 13.8 Å². The van der Waals surface area contributed by atoms with Gasteiger partial charge in [0, 0.05) is 36.1 Å². The summed E-state index contributed by atoms with van der Waals surface area (Å²) < 4.78 is 5.28. The van der Waals surface area contributed by atoms with E-state index >= 15 is 0 Å². The molecule has 0 unspecified atom stereocenters. The van der Waals surface area contributed by atoms with Crippen LogP contribution in [0.4, 0.5) is 0 Å². The molecule has 3 heteroatoms. The van der Waals surface area contributed by atoms with Crippen molar-refractivity contribution in [2.24, 2.45) is 0 Å². The van der Waals surface area contributed by atoms with Gasteiger partial charge in [-0.25, -0.2) is 0 Å². The number of aromatic amines is 1. The first-order chi connectivity index (χ1) is 10.7. The molecule has 112 valence electrons. The Balaban J connectivity index is 2.04. The van der Waals surface area contributed by atoms with Crippen LogP contribution in [-0.4, -0.2) is 23.7 Å². The third kappa shape index (κ3) is 1.79.